The fourth-order valence-electron chi connectivity index (χ4n) is 4.43. The van der Waals surface area contributed by atoms with E-state index in [1.165, 1.54) is 49.6 Å². The zero-order valence-electron chi connectivity index (χ0n) is 22.2. The number of sulfonamides is 2. The predicted molar refractivity (Wildman–Crippen MR) is 151 cm³/mol. The van der Waals surface area contributed by atoms with Crippen LogP contribution in [0, 0.1) is 13.8 Å². The van der Waals surface area contributed by atoms with Crippen molar-refractivity contribution in [3.63, 3.8) is 0 Å². The Hall–Kier alpha value is -3.57. The molecule has 0 aliphatic carbocycles. The second kappa shape index (κ2) is 11.7. The number of methoxy groups -OCH3 is 1. The number of nitrogens with one attached hydrogen (secondary N) is 2. The van der Waals surface area contributed by atoms with Gasteiger partial charge in [0.2, 0.25) is 0 Å². The molecule has 0 spiro atoms. The highest BCUT2D eigenvalue weighted by Crippen LogP contribution is 2.27. The first-order chi connectivity index (χ1) is 18.5. The van der Waals surface area contributed by atoms with Gasteiger partial charge in [-0.3, -0.25) is 14.2 Å². The molecule has 0 aromatic heterocycles. The van der Waals surface area contributed by atoms with Crippen LogP contribution >= 0.6 is 0 Å². The number of anilines is 2. The van der Waals surface area contributed by atoms with Crippen molar-refractivity contribution in [2.45, 2.75) is 49.3 Å². The van der Waals surface area contributed by atoms with Crippen LogP contribution in [0.15, 0.2) is 70.5 Å². The number of rotatable bonds is 8. The van der Waals surface area contributed by atoms with Gasteiger partial charge in [-0.05, 0) is 86.3 Å². The summed E-state index contributed by atoms with van der Waals surface area (Å²) in [6.45, 7) is 4.91. The maximum atomic E-state index is 13.2. The summed E-state index contributed by atoms with van der Waals surface area (Å²) in [5.41, 5.74) is 2.53. The molecular weight excluding hydrogens is 538 g/mol. The Labute approximate surface area is 230 Å². The van der Waals surface area contributed by atoms with Crippen LogP contribution in [0.5, 0.6) is 5.75 Å². The van der Waals surface area contributed by atoms with Crippen LogP contribution in [0.25, 0.3) is 0 Å². The number of carbonyl (C=O) groups is 1. The van der Waals surface area contributed by atoms with Crippen LogP contribution in [-0.4, -0.2) is 47.8 Å². The molecule has 11 heteroatoms. The van der Waals surface area contributed by atoms with Crippen molar-refractivity contribution in [1.82, 2.24) is 4.90 Å². The van der Waals surface area contributed by atoms with Crippen LogP contribution in [0.2, 0.25) is 0 Å². The second-order valence-electron chi connectivity index (χ2n) is 9.62. The third-order valence-electron chi connectivity index (χ3n) is 6.66. The topological polar surface area (TPSA) is 122 Å². The predicted octanol–water partition coefficient (Wildman–Crippen LogP) is 4.93. The second-order valence-corrected chi connectivity index (χ2v) is 13.0. The van der Waals surface area contributed by atoms with Gasteiger partial charge in [0, 0.05) is 18.8 Å². The van der Waals surface area contributed by atoms with Crippen LogP contribution in [0.3, 0.4) is 0 Å². The Kier molecular flexibility index (Phi) is 8.51. The van der Waals surface area contributed by atoms with Gasteiger partial charge < -0.3 is 9.64 Å². The fourth-order valence-corrected chi connectivity index (χ4v) is 6.64. The molecule has 0 unspecified atom stereocenters. The van der Waals surface area contributed by atoms with Crippen molar-refractivity contribution in [3.05, 3.63) is 77.4 Å². The number of likely N-dealkylation sites (tertiary alicyclic amines) is 1. The van der Waals surface area contributed by atoms with Crippen molar-refractivity contribution in [2.75, 3.05) is 29.6 Å². The minimum atomic E-state index is -4.08. The SMILES string of the molecule is COc1ccc(S(=O)(=O)Nc2ccc(S(=O)(=O)Nc3cc(C)ccc3C)cc2)cc1C(=O)N1CCCCCC1. The van der Waals surface area contributed by atoms with Gasteiger partial charge in [0.1, 0.15) is 5.75 Å². The lowest BCUT2D eigenvalue weighted by Crippen LogP contribution is -2.32. The minimum absolute atomic E-state index is 0.0128. The average Bonchev–Trinajstić information content (AvgIpc) is 3.20. The maximum Gasteiger partial charge on any atom is 0.261 e. The molecule has 0 bridgehead atoms. The zero-order valence-corrected chi connectivity index (χ0v) is 23.9. The maximum absolute atomic E-state index is 13.2. The first-order valence-electron chi connectivity index (χ1n) is 12.7. The zero-order chi connectivity index (χ0) is 28.2. The molecule has 1 fully saturated rings. The number of benzene rings is 3. The van der Waals surface area contributed by atoms with E-state index in [2.05, 4.69) is 9.44 Å². The summed E-state index contributed by atoms with van der Waals surface area (Å²) >= 11 is 0. The molecule has 1 aliphatic rings. The van der Waals surface area contributed by atoms with Crippen molar-refractivity contribution in [3.8, 4) is 5.75 Å². The normalized spacial score (nSPS) is 14.4. The first kappa shape index (κ1) is 28.4. The standard InChI is InChI=1S/C28H33N3O6S2/c1-20-8-9-21(2)26(18-20)30-38(33,34)23-12-10-22(11-13-23)29-39(35,36)24-14-15-27(37-3)25(19-24)28(32)31-16-6-4-5-7-17-31/h8-15,18-19,29-30H,4-7,16-17H2,1-3H3. The number of hydrogen-bond acceptors (Lipinski definition) is 6. The monoisotopic (exact) mass is 571 g/mol. The van der Waals surface area contributed by atoms with E-state index in [0.717, 1.165) is 36.8 Å². The Balaban J connectivity index is 1.54. The highest BCUT2D eigenvalue weighted by Gasteiger charge is 2.24. The fraction of sp³-hybridized carbons (Fsp3) is 0.321. The summed E-state index contributed by atoms with van der Waals surface area (Å²) in [5, 5.41) is 0. The summed E-state index contributed by atoms with van der Waals surface area (Å²) in [4.78, 5) is 14.9. The molecule has 1 aliphatic heterocycles. The number of carbonyl (C=O) groups excluding carboxylic acids is 1. The van der Waals surface area contributed by atoms with Crippen LogP contribution in [-0.2, 0) is 20.0 Å². The van der Waals surface area contributed by atoms with E-state index in [1.54, 1.807) is 17.9 Å². The Morgan fingerprint density at radius 2 is 1.38 bits per heavy atom. The van der Waals surface area contributed by atoms with Crippen molar-refractivity contribution < 1.29 is 26.4 Å². The minimum Gasteiger partial charge on any atom is -0.496 e. The summed E-state index contributed by atoms with van der Waals surface area (Å²) in [5.74, 6) is 0.0332. The van der Waals surface area contributed by atoms with Crippen LogP contribution in [0.1, 0.15) is 47.2 Å². The van der Waals surface area contributed by atoms with Crippen LogP contribution in [0.4, 0.5) is 11.4 Å². The van der Waals surface area contributed by atoms with Crippen molar-refractivity contribution in [2.24, 2.45) is 0 Å². The van der Waals surface area contributed by atoms with Crippen molar-refractivity contribution in [1.29, 1.82) is 0 Å². The van der Waals surface area contributed by atoms with Gasteiger partial charge >= 0.3 is 0 Å². The smallest absolute Gasteiger partial charge is 0.261 e. The van der Waals surface area contributed by atoms with E-state index in [-0.39, 0.29) is 26.9 Å². The lowest BCUT2D eigenvalue weighted by atomic mass is 10.1. The van der Waals surface area contributed by atoms with Gasteiger partial charge in [0.15, 0.2) is 0 Å². The molecule has 1 amide bonds. The Morgan fingerprint density at radius 3 is 2.03 bits per heavy atom. The molecule has 3 aromatic carbocycles. The lowest BCUT2D eigenvalue weighted by molar-refractivity contribution is 0.0758. The van der Waals surface area contributed by atoms with Crippen molar-refractivity contribution >= 4 is 37.3 Å². The van der Waals surface area contributed by atoms with E-state index in [4.69, 9.17) is 4.74 Å². The van der Waals surface area contributed by atoms with Gasteiger partial charge in [0.25, 0.3) is 26.0 Å². The van der Waals surface area contributed by atoms with Gasteiger partial charge in [-0.15, -0.1) is 0 Å². The molecule has 3 aromatic rings. The molecule has 9 nitrogen and oxygen atoms in total. The molecule has 39 heavy (non-hydrogen) atoms. The molecule has 208 valence electrons. The quantitative estimate of drug-likeness (QED) is 0.395. The van der Waals surface area contributed by atoms with Crippen LogP contribution < -0.4 is 14.2 Å². The summed E-state index contributed by atoms with van der Waals surface area (Å²) in [6, 6.07) is 15.0. The largest absolute Gasteiger partial charge is 0.496 e. The van der Waals surface area contributed by atoms with Gasteiger partial charge in [-0.25, -0.2) is 16.8 Å². The lowest BCUT2D eigenvalue weighted by Gasteiger charge is -2.22. The third kappa shape index (κ3) is 6.72. The molecule has 0 saturated carbocycles. The molecule has 0 radical (unpaired) electrons. The average molecular weight is 572 g/mol. The highest BCUT2D eigenvalue weighted by atomic mass is 32.2. The van der Waals surface area contributed by atoms with E-state index in [9.17, 15) is 21.6 Å². The van der Waals surface area contributed by atoms with E-state index in [0.29, 0.717) is 24.5 Å². The molecule has 1 heterocycles. The molecule has 2 N–H and O–H groups in total. The molecule has 4 rings (SSSR count). The van der Waals surface area contributed by atoms with E-state index < -0.39 is 20.0 Å². The highest BCUT2D eigenvalue weighted by molar-refractivity contribution is 7.93. The number of aryl methyl sites for hydroxylation is 2. The first-order valence-corrected chi connectivity index (χ1v) is 15.7. The molecule has 1 saturated heterocycles. The molecule has 0 atom stereocenters. The summed E-state index contributed by atoms with van der Waals surface area (Å²) < 4.78 is 62.6. The number of hydrogen-bond donors (Lipinski definition) is 2. The van der Waals surface area contributed by atoms with Gasteiger partial charge in [0.05, 0.1) is 28.2 Å². The molecular formula is C28H33N3O6S2. The number of amides is 1. The Morgan fingerprint density at radius 1 is 0.769 bits per heavy atom. The van der Waals surface area contributed by atoms with Gasteiger partial charge in [-0.2, -0.15) is 0 Å². The van der Waals surface area contributed by atoms with E-state index in [1.807, 2.05) is 19.1 Å². The van der Waals surface area contributed by atoms with Gasteiger partial charge in [-0.1, -0.05) is 25.0 Å². The third-order valence-corrected chi connectivity index (χ3v) is 9.42. The summed E-state index contributed by atoms with van der Waals surface area (Å²) in [7, 11) is -6.53. The Bertz CT molecular complexity index is 1560. The summed E-state index contributed by atoms with van der Waals surface area (Å²) in [6.07, 6.45) is 3.92. The number of ether oxygens (including phenoxy) is 1. The number of nitrogens with zero attached hydrogens (tertiary/aromatic N) is 1. The van der Waals surface area contributed by atoms with E-state index >= 15 is 0 Å².